The Morgan fingerprint density at radius 1 is 1.30 bits per heavy atom. The number of hydrogen-bond donors (Lipinski definition) is 0. The van der Waals surface area contributed by atoms with Crippen LogP contribution < -0.4 is 0 Å². The van der Waals surface area contributed by atoms with Crippen molar-refractivity contribution in [2.45, 2.75) is 19.9 Å². The molecule has 1 aromatic carbocycles. The lowest BCUT2D eigenvalue weighted by Gasteiger charge is -2.13. The summed E-state index contributed by atoms with van der Waals surface area (Å²) in [7, 11) is 1.74. The summed E-state index contributed by atoms with van der Waals surface area (Å²) in [6.45, 7) is 2.32. The standard InChI is InChI=1S/C17H17N3O2S/c1-12-5-3-6-13(9-12)17-18-15(22-19-17)11-20(2)16(21)10-14-7-4-8-23-14/h3-9H,10-11H2,1-2H3. The average Bonchev–Trinajstić information content (AvgIpc) is 3.19. The molecule has 1 amide bonds. The summed E-state index contributed by atoms with van der Waals surface area (Å²) in [6, 6.07) is 11.8. The Labute approximate surface area is 138 Å². The molecule has 0 atom stereocenters. The second-order valence-electron chi connectivity index (χ2n) is 5.39. The minimum Gasteiger partial charge on any atom is -0.337 e. The molecule has 0 aliphatic carbocycles. The molecule has 0 aliphatic rings. The number of benzene rings is 1. The minimum atomic E-state index is 0.0303. The summed E-state index contributed by atoms with van der Waals surface area (Å²) in [5, 5.41) is 5.96. The highest BCUT2D eigenvalue weighted by Crippen LogP contribution is 2.17. The molecule has 0 saturated carbocycles. The number of carbonyl (C=O) groups is 1. The highest BCUT2D eigenvalue weighted by atomic mass is 32.1. The third-order valence-electron chi connectivity index (χ3n) is 3.45. The van der Waals surface area contributed by atoms with Gasteiger partial charge in [0.25, 0.3) is 0 Å². The number of likely N-dealkylation sites (N-methyl/N-ethyl adjacent to an activating group) is 1. The first-order chi connectivity index (χ1) is 11.1. The largest absolute Gasteiger partial charge is 0.337 e. The van der Waals surface area contributed by atoms with E-state index >= 15 is 0 Å². The van der Waals surface area contributed by atoms with E-state index in [0.29, 0.717) is 24.7 Å². The van der Waals surface area contributed by atoms with E-state index in [4.69, 9.17) is 4.52 Å². The van der Waals surface area contributed by atoms with E-state index in [1.807, 2.05) is 48.7 Å². The van der Waals surface area contributed by atoms with Crippen molar-refractivity contribution in [2.75, 3.05) is 7.05 Å². The highest BCUT2D eigenvalue weighted by Gasteiger charge is 2.15. The van der Waals surface area contributed by atoms with E-state index in [1.165, 1.54) is 0 Å². The zero-order valence-corrected chi connectivity index (χ0v) is 13.8. The number of carbonyl (C=O) groups excluding carboxylic acids is 1. The van der Waals surface area contributed by atoms with E-state index in [9.17, 15) is 4.79 Å². The predicted octanol–water partition coefficient (Wildman–Crippen LogP) is 3.31. The molecule has 5 nitrogen and oxygen atoms in total. The zero-order chi connectivity index (χ0) is 16.2. The van der Waals surface area contributed by atoms with Crippen LogP contribution in [-0.2, 0) is 17.8 Å². The summed E-state index contributed by atoms with van der Waals surface area (Å²) in [6.07, 6.45) is 0.396. The number of amides is 1. The number of rotatable bonds is 5. The van der Waals surface area contributed by atoms with Gasteiger partial charge in [-0.15, -0.1) is 11.3 Å². The minimum absolute atomic E-state index is 0.0303. The van der Waals surface area contributed by atoms with Crippen molar-refractivity contribution in [1.29, 1.82) is 0 Å². The van der Waals surface area contributed by atoms with Gasteiger partial charge in [0.05, 0.1) is 13.0 Å². The first-order valence-electron chi connectivity index (χ1n) is 7.28. The highest BCUT2D eigenvalue weighted by molar-refractivity contribution is 7.10. The molecular weight excluding hydrogens is 310 g/mol. The van der Waals surface area contributed by atoms with Crippen molar-refractivity contribution in [1.82, 2.24) is 15.0 Å². The fraction of sp³-hybridized carbons (Fsp3) is 0.235. The second kappa shape index (κ2) is 6.75. The van der Waals surface area contributed by atoms with Gasteiger partial charge in [0.15, 0.2) is 0 Å². The maximum absolute atomic E-state index is 12.2. The molecule has 6 heteroatoms. The predicted molar refractivity (Wildman–Crippen MR) is 89.0 cm³/mol. The SMILES string of the molecule is Cc1cccc(-c2noc(CN(C)C(=O)Cc3cccs3)n2)c1. The Hall–Kier alpha value is -2.47. The topological polar surface area (TPSA) is 59.2 Å². The molecule has 3 rings (SSSR count). The van der Waals surface area contributed by atoms with Crippen LogP contribution in [0.5, 0.6) is 0 Å². The van der Waals surface area contributed by atoms with Crippen molar-refractivity contribution >= 4 is 17.2 Å². The van der Waals surface area contributed by atoms with Gasteiger partial charge in [0.2, 0.25) is 17.6 Å². The molecule has 23 heavy (non-hydrogen) atoms. The lowest BCUT2D eigenvalue weighted by Crippen LogP contribution is -2.27. The van der Waals surface area contributed by atoms with Crippen molar-refractivity contribution in [3.05, 3.63) is 58.1 Å². The average molecular weight is 327 g/mol. The molecule has 0 aliphatic heterocycles. The summed E-state index contributed by atoms with van der Waals surface area (Å²) >= 11 is 1.58. The maximum Gasteiger partial charge on any atom is 0.246 e. The smallest absolute Gasteiger partial charge is 0.246 e. The van der Waals surface area contributed by atoms with Gasteiger partial charge in [-0.1, -0.05) is 35.0 Å². The summed E-state index contributed by atoms with van der Waals surface area (Å²) in [5.41, 5.74) is 2.05. The van der Waals surface area contributed by atoms with Crippen molar-refractivity contribution in [3.63, 3.8) is 0 Å². The molecule has 0 N–H and O–H groups in total. The Bertz CT molecular complexity index is 796. The lowest BCUT2D eigenvalue weighted by molar-refractivity contribution is -0.129. The third-order valence-corrected chi connectivity index (χ3v) is 4.32. The zero-order valence-electron chi connectivity index (χ0n) is 13.0. The van der Waals surface area contributed by atoms with Crippen LogP contribution in [-0.4, -0.2) is 28.0 Å². The van der Waals surface area contributed by atoms with Gasteiger partial charge in [-0.05, 0) is 24.4 Å². The van der Waals surface area contributed by atoms with Crippen LogP contribution in [0.2, 0.25) is 0 Å². The van der Waals surface area contributed by atoms with Crippen LogP contribution in [0.4, 0.5) is 0 Å². The van der Waals surface area contributed by atoms with Gasteiger partial charge in [0.1, 0.15) is 0 Å². The van der Waals surface area contributed by atoms with Gasteiger partial charge < -0.3 is 9.42 Å². The maximum atomic E-state index is 12.2. The summed E-state index contributed by atoms with van der Waals surface area (Å²) in [5.74, 6) is 1.01. The molecule has 2 heterocycles. The Morgan fingerprint density at radius 2 is 2.17 bits per heavy atom. The Kier molecular flexibility index (Phi) is 4.52. The van der Waals surface area contributed by atoms with E-state index in [1.54, 1.807) is 23.3 Å². The molecule has 0 fully saturated rings. The molecule has 3 aromatic rings. The van der Waals surface area contributed by atoms with Gasteiger partial charge in [-0.25, -0.2) is 0 Å². The van der Waals surface area contributed by atoms with Crippen molar-refractivity contribution in [3.8, 4) is 11.4 Å². The third kappa shape index (κ3) is 3.84. The van der Waals surface area contributed by atoms with E-state index in [2.05, 4.69) is 10.1 Å². The van der Waals surface area contributed by atoms with Crippen LogP contribution in [0, 0.1) is 6.92 Å². The lowest BCUT2D eigenvalue weighted by atomic mass is 10.1. The van der Waals surface area contributed by atoms with Crippen LogP contribution in [0.1, 0.15) is 16.3 Å². The molecule has 0 spiro atoms. The summed E-state index contributed by atoms with van der Waals surface area (Å²) in [4.78, 5) is 19.2. The first-order valence-corrected chi connectivity index (χ1v) is 8.16. The fourth-order valence-corrected chi connectivity index (χ4v) is 2.90. The van der Waals surface area contributed by atoms with Crippen LogP contribution in [0.25, 0.3) is 11.4 Å². The molecule has 0 radical (unpaired) electrons. The molecule has 0 saturated heterocycles. The van der Waals surface area contributed by atoms with E-state index < -0.39 is 0 Å². The van der Waals surface area contributed by atoms with Gasteiger partial charge in [0, 0.05) is 17.5 Å². The van der Waals surface area contributed by atoms with Gasteiger partial charge >= 0.3 is 0 Å². The van der Waals surface area contributed by atoms with Gasteiger partial charge in [-0.2, -0.15) is 4.98 Å². The van der Waals surface area contributed by atoms with Crippen LogP contribution in [0.3, 0.4) is 0 Å². The number of aryl methyl sites for hydroxylation is 1. The monoisotopic (exact) mass is 327 g/mol. The molecule has 0 unspecified atom stereocenters. The number of hydrogen-bond acceptors (Lipinski definition) is 5. The normalized spacial score (nSPS) is 10.7. The van der Waals surface area contributed by atoms with E-state index in [-0.39, 0.29) is 5.91 Å². The van der Waals surface area contributed by atoms with Crippen LogP contribution in [0.15, 0.2) is 46.3 Å². The second-order valence-corrected chi connectivity index (χ2v) is 6.42. The number of thiophene rings is 1. The van der Waals surface area contributed by atoms with Crippen molar-refractivity contribution in [2.24, 2.45) is 0 Å². The van der Waals surface area contributed by atoms with Gasteiger partial charge in [-0.3, -0.25) is 4.79 Å². The quantitative estimate of drug-likeness (QED) is 0.721. The number of aromatic nitrogens is 2. The number of nitrogens with zero attached hydrogens (tertiary/aromatic N) is 3. The van der Waals surface area contributed by atoms with E-state index in [0.717, 1.165) is 16.0 Å². The Balaban J connectivity index is 1.65. The van der Waals surface area contributed by atoms with Crippen molar-refractivity contribution < 1.29 is 9.32 Å². The van der Waals surface area contributed by atoms with Crippen LogP contribution >= 0.6 is 11.3 Å². The fourth-order valence-electron chi connectivity index (χ4n) is 2.21. The molecular formula is C17H17N3O2S. The Morgan fingerprint density at radius 3 is 2.91 bits per heavy atom. The first kappa shape index (κ1) is 15.4. The molecule has 0 bridgehead atoms. The molecule has 118 valence electrons. The summed E-state index contributed by atoms with van der Waals surface area (Å²) < 4.78 is 5.26. The molecule has 2 aromatic heterocycles.